The van der Waals surface area contributed by atoms with Crippen molar-refractivity contribution >= 4 is 45.4 Å². The smallest absolute Gasteiger partial charge is 0.303 e. The number of rotatable bonds is 10. The summed E-state index contributed by atoms with van der Waals surface area (Å²) in [5, 5.41) is 15.4. The molecule has 3 aromatic rings. The monoisotopic (exact) mass is 623 g/mol. The molecule has 3 aromatic heterocycles. The van der Waals surface area contributed by atoms with Gasteiger partial charge in [-0.25, -0.2) is 4.98 Å². The van der Waals surface area contributed by atoms with Crippen LogP contribution < -0.4 is 10.6 Å². The van der Waals surface area contributed by atoms with E-state index >= 15 is 0 Å². The number of hydrogen-bond donors (Lipinski definition) is 3. The lowest BCUT2D eigenvalue weighted by Crippen LogP contribution is -2.32. The van der Waals surface area contributed by atoms with Crippen LogP contribution >= 0.6 is 11.3 Å². The highest BCUT2D eigenvalue weighted by Crippen LogP contribution is 2.26. The number of carbonyl (C=O) groups is 3. The minimum Gasteiger partial charge on any atom is -0.481 e. The third-order valence-electron chi connectivity index (χ3n) is 5.85. The molecule has 10 heteroatoms. The zero-order chi connectivity index (χ0) is 33.7. The Kier molecular flexibility index (Phi) is 20.1. The number of carboxylic acids is 1. The van der Waals surface area contributed by atoms with Crippen LogP contribution in [0.4, 0.5) is 5.13 Å². The van der Waals surface area contributed by atoms with Gasteiger partial charge >= 0.3 is 5.97 Å². The highest BCUT2D eigenvalue weighted by atomic mass is 32.1. The Morgan fingerprint density at radius 3 is 2.18 bits per heavy atom. The Balaban J connectivity index is 0.00000145. The Morgan fingerprint density at radius 2 is 1.70 bits per heavy atom. The van der Waals surface area contributed by atoms with Gasteiger partial charge < -0.3 is 20.3 Å². The molecule has 0 bridgehead atoms. The highest BCUT2D eigenvalue weighted by Gasteiger charge is 2.13. The Morgan fingerprint density at radius 1 is 1.07 bits per heavy atom. The van der Waals surface area contributed by atoms with E-state index in [2.05, 4.69) is 41.0 Å². The van der Waals surface area contributed by atoms with E-state index in [1.807, 2.05) is 75.9 Å². The maximum atomic E-state index is 12.3. The molecule has 3 rings (SSSR count). The van der Waals surface area contributed by atoms with Crippen molar-refractivity contribution in [2.45, 2.75) is 74.7 Å². The molecule has 0 aliphatic carbocycles. The quantitative estimate of drug-likeness (QED) is 0.198. The number of hydrogen-bond acceptors (Lipinski definition) is 6. The number of nitrogens with one attached hydrogen (secondary N) is 2. The Bertz CT molecular complexity index is 1380. The highest BCUT2D eigenvalue weighted by molar-refractivity contribution is 7.14. The summed E-state index contributed by atoms with van der Waals surface area (Å²) >= 11 is 1.31. The second-order valence-electron chi connectivity index (χ2n) is 9.23. The maximum Gasteiger partial charge on any atom is 0.303 e. The summed E-state index contributed by atoms with van der Waals surface area (Å²) in [7, 11) is 1.86. The number of pyridine rings is 1. The van der Waals surface area contributed by atoms with Crippen LogP contribution in [-0.4, -0.2) is 44.0 Å². The molecule has 0 fully saturated rings. The number of anilines is 1. The number of carboxylic acid groups (broad SMARTS) is 1. The van der Waals surface area contributed by atoms with Crippen molar-refractivity contribution in [3.05, 3.63) is 89.0 Å². The van der Waals surface area contributed by atoms with Crippen LogP contribution in [-0.2, 0) is 16.6 Å². The van der Waals surface area contributed by atoms with Crippen molar-refractivity contribution in [2.24, 2.45) is 7.05 Å². The molecular formula is C34H49N5O4S. The van der Waals surface area contributed by atoms with Gasteiger partial charge in [0, 0.05) is 48.2 Å². The normalized spacial score (nSPS) is 10.6. The summed E-state index contributed by atoms with van der Waals surface area (Å²) in [6, 6.07) is 5.75. The fraction of sp³-hybridized carbons (Fsp3) is 0.382. The topological polar surface area (TPSA) is 126 Å². The maximum absolute atomic E-state index is 12.3. The zero-order valence-electron chi connectivity index (χ0n) is 27.7. The van der Waals surface area contributed by atoms with E-state index in [-0.39, 0.29) is 24.8 Å². The standard InChI is InChI=1S/C25H27N5O2S.C4H10.C3H6O2.C2H6/c1-6-18(20-8-9-26-16(3)10-20)12-19(7-2)22-15-33-25(28-22)29-23(31)13-27-24(32)21-11-17(4)30(5)14-21;1-3-4-2;1-2-3(4)5;1-2/h6-12,14-15H,2,13H2,1,3-5H3,(H,27,32)(H,28,29,31);3-4H2,1-2H3;2H2,1H3,(H,4,5);1-2H3/b18-6+,19-12+;;;. The van der Waals surface area contributed by atoms with Crippen molar-refractivity contribution in [1.82, 2.24) is 19.9 Å². The van der Waals surface area contributed by atoms with Gasteiger partial charge in [-0.05, 0) is 56.2 Å². The van der Waals surface area contributed by atoms with Crippen molar-refractivity contribution in [3.8, 4) is 0 Å². The molecule has 9 nitrogen and oxygen atoms in total. The summed E-state index contributed by atoms with van der Waals surface area (Å²) in [5.74, 6) is -1.39. The number of carbonyl (C=O) groups excluding carboxylic acids is 2. The summed E-state index contributed by atoms with van der Waals surface area (Å²) in [6.07, 6.45) is 12.1. The van der Waals surface area contributed by atoms with Gasteiger partial charge in [-0.15, -0.1) is 11.3 Å². The zero-order valence-corrected chi connectivity index (χ0v) is 28.5. The molecule has 240 valence electrons. The number of aryl methyl sites for hydroxylation is 3. The lowest BCUT2D eigenvalue weighted by Gasteiger charge is -2.06. The molecule has 0 aliphatic heterocycles. The first-order valence-electron chi connectivity index (χ1n) is 14.8. The van der Waals surface area contributed by atoms with Gasteiger partial charge in [0.2, 0.25) is 5.91 Å². The largest absolute Gasteiger partial charge is 0.481 e. The molecule has 0 spiro atoms. The van der Waals surface area contributed by atoms with Gasteiger partial charge in [0.25, 0.3) is 5.91 Å². The van der Waals surface area contributed by atoms with Crippen molar-refractivity contribution in [3.63, 3.8) is 0 Å². The lowest BCUT2D eigenvalue weighted by molar-refractivity contribution is -0.136. The fourth-order valence-corrected chi connectivity index (χ4v) is 3.89. The van der Waals surface area contributed by atoms with E-state index in [0.717, 1.165) is 28.1 Å². The average Bonchev–Trinajstić information content (AvgIpc) is 3.63. The number of allylic oxidation sites excluding steroid dienone is 5. The molecule has 0 radical (unpaired) electrons. The predicted octanol–water partition coefficient (Wildman–Crippen LogP) is 7.85. The van der Waals surface area contributed by atoms with Gasteiger partial charge in [0.05, 0.1) is 17.8 Å². The molecular weight excluding hydrogens is 574 g/mol. The first kappa shape index (κ1) is 39.7. The fourth-order valence-electron chi connectivity index (χ4n) is 3.15. The van der Waals surface area contributed by atoms with Gasteiger partial charge in [0.15, 0.2) is 5.13 Å². The van der Waals surface area contributed by atoms with Crippen LogP contribution in [0.5, 0.6) is 0 Å². The van der Waals surface area contributed by atoms with Crippen molar-refractivity contribution < 1.29 is 19.5 Å². The second-order valence-corrected chi connectivity index (χ2v) is 10.1. The molecule has 3 heterocycles. The van der Waals surface area contributed by atoms with E-state index in [1.54, 1.807) is 31.5 Å². The summed E-state index contributed by atoms with van der Waals surface area (Å²) < 4.78 is 1.85. The van der Waals surface area contributed by atoms with Crippen molar-refractivity contribution in [1.29, 1.82) is 0 Å². The molecule has 44 heavy (non-hydrogen) atoms. The Labute approximate surface area is 266 Å². The molecule has 3 N–H and O–H groups in total. The van der Waals surface area contributed by atoms with Crippen LogP contribution in [0.15, 0.2) is 60.8 Å². The van der Waals surface area contributed by atoms with E-state index in [4.69, 9.17) is 5.11 Å². The number of nitrogens with zero attached hydrogens (tertiary/aromatic N) is 3. The lowest BCUT2D eigenvalue weighted by atomic mass is 10.0. The third kappa shape index (κ3) is 14.7. The number of aliphatic carboxylic acids is 1. The van der Waals surface area contributed by atoms with E-state index in [1.165, 1.54) is 24.2 Å². The van der Waals surface area contributed by atoms with Crippen LogP contribution in [0.3, 0.4) is 0 Å². The van der Waals surface area contributed by atoms with Crippen LogP contribution in [0, 0.1) is 13.8 Å². The van der Waals surface area contributed by atoms with Crippen LogP contribution in [0.1, 0.15) is 93.8 Å². The molecule has 2 amide bonds. The first-order valence-corrected chi connectivity index (χ1v) is 15.7. The van der Waals surface area contributed by atoms with Crippen LogP contribution in [0.2, 0.25) is 0 Å². The minimum absolute atomic E-state index is 0.143. The van der Waals surface area contributed by atoms with E-state index in [0.29, 0.717) is 16.4 Å². The molecule has 0 saturated heterocycles. The van der Waals surface area contributed by atoms with Crippen LogP contribution in [0.25, 0.3) is 11.1 Å². The van der Waals surface area contributed by atoms with Gasteiger partial charge in [-0.1, -0.05) is 66.2 Å². The summed E-state index contributed by atoms with van der Waals surface area (Å²) in [5.41, 5.74) is 6.04. The summed E-state index contributed by atoms with van der Waals surface area (Å²) in [6.45, 7) is 19.6. The number of aromatic nitrogens is 3. The minimum atomic E-state index is -0.745. The number of amides is 2. The average molecular weight is 624 g/mol. The molecule has 0 atom stereocenters. The second kappa shape index (κ2) is 22.3. The molecule has 0 unspecified atom stereocenters. The van der Waals surface area contributed by atoms with Gasteiger partial charge in [-0.3, -0.25) is 19.4 Å². The van der Waals surface area contributed by atoms with Gasteiger partial charge in [0.1, 0.15) is 0 Å². The van der Waals surface area contributed by atoms with E-state index in [9.17, 15) is 14.4 Å². The Hall–Kier alpha value is -4.31. The molecule has 0 saturated carbocycles. The molecule has 0 aliphatic rings. The molecule has 0 aromatic carbocycles. The summed E-state index contributed by atoms with van der Waals surface area (Å²) in [4.78, 5) is 42.6. The first-order chi connectivity index (χ1) is 21.0. The van der Waals surface area contributed by atoms with Crippen molar-refractivity contribution in [2.75, 3.05) is 11.9 Å². The van der Waals surface area contributed by atoms with Gasteiger partial charge in [-0.2, -0.15) is 0 Å². The number of thiazole rings is 1. The third-order valence-corrected chi connectivity index (χ3v) is 6.60. The number of unbranched alkanes of at least 4 members (excludes halogenated alkanes) is 1. The predicted molar refractivity (Wildman–Crippen MR) is 184 cm³/mol. The van der Waals surface area contributed by atoms with E-state index < -0.39 is 5.97 Å². The SMILES string of the molecule is C=C/C(=C\C(=C/C)c1ccnc(C)c1)c1csc(NC(=O)CNC(=O)c2cc(C)n(C)c2)n1.CC.CCC(=O)O.CCCC.